The van der Waals surface area contributed by atoms with Crippen molar-refractivity contribution in [3.63, 3.8) is 0 Å². The van der Waals surface area contributed by atoms with Crippen LogP contribution >= 0.6 is 0 Å². The molecule has 0 saturated carbocycles. The van der Waals surface area contributed by atoms with Crippen LogP contribution in [-0.4, -0.2) is 30.4 Å². The lowest BCUT2D eigenvalue weighted by molar-refractivity contribution is -0.140. The first-order chi connectivity index (χ1) is 9.41. The maximum absolute atomic E-state index is 11.9. The van der Waals surface area contributed by atoms with Crippen LogP contribution in [0.25, 0.3) is 0 Å². The Morgan fingerprint density at radius 3 is 2.30 bits per heavy atom. The molecule has 0 aromatic heterocycles. The fraction of sp³-hybridized carbons (Fsp3) is 0.500. The van der Waals surface area contributed by atoms with Crippen molar-refractivity contribution < 1.29 is 14.3 Å². The first-order valence-corrected chi connectivity index (χ1v) is 6.93. The maximum Gasteiger partial charge on any atom is 0.314 e. The minimum Gasteiger partial charge on any atom is -0.426 e. The smallest absolute Gasteiger partial charge is 0.314 e. The van der Waals surface area contributed by atoms with Gasteiger partial charge in [0.2, 0.25) is 5.91 Å². The zero-order chi connectivity index (χ0) is 15.1. The summed E-state index contributed by atoms with van der Waals surface area (Å²) < 4.78 is 5.27. The summed E-state index contributed by atoms with van der Waals surface area (Å²) in [7, 11) is 1.76. The van der Waals surface area contributed by atoms with E-state index in [-0.39, 0.29) is 23.7 Å². The summed E-state index contributed by atoms with van der Waals surface area (Å²) in [5, 5.41) is 0. The second kappa shape index (κ2) is 7.68. The molecule has 0 fully saturated rings. The van der Waals surface area contributed by atoms with Gasteiger partial charge in [0.05, 0.1) is 5.92 Å². The molecule has 1 atom stereocenters. The summed E-state index contributed by atoms with van der Waals surface area (Å²) in [6.45, 7) is 6.11. The average molecular weight is 277 g/mol. The lowest BCUT2D eigenvalue weighted by Gasteiger charge is -2.20. The van der Waals surface area contributed by atoms with E-state index >= 15 is 0 Å². The molecule has 0 aliphatic heterocycles. The van der Waals surface area contributed by atoms with Crippen molar-refractivity contribution in [3.05, 3.63) is 30.3 Å². The predicted octanol–water partition coefficient (Wildman–Crippen LogP) is 2.73. The zero-order valence-corrected chi connectivity index (χ0v) is 12.6. The molecule has 0 spiro atoms. The molecule has 1 aromatic rings. The van der Waals surface area contributed by atoms with E-state index in [2.05, 4.69) is 0 Å². The van der Waals surface area contributed by atoms with Gasteiger partial charge >= 0.3 is 5.97 Å². The molecule has 0 aliphatic rings. The van der Waals surface area contributed by atoms with Gasteiger partial charge in [-0.05, 0) is 18.6 Å². The van der Waals surface area contributed by atoms with Crippen LogP contribution in [0.5, 0.6) is 5.75 Å². The predicted molar refractivity (Wildman–Crippen MR) is 78.3 cm³/mol. The van der Waals surface area contributed by atoms with Crippen LogP contribution in [-0.2, 0) is 9.59 Å². The van der Waals surface area contributed by atoms with Gasteiger partial charge < -0.3 is 9.64 Å². The van der Waals surface area contributed by atoms with Crippen molar-refractivity contribution >= 4 is 11.9 Å². The number of hydrogen-bond acceptors (Lipinski definition) is 3. The number of carbonyl (C=O) groups excluding carboxylic acids is 2. The van der Waals surface area contributed by atoms with E-state index in [4.69, 9.17) is 4.74 Å². The molecule has 0 saturated heterocycles. The molecule has 4 nitrogen and oxygen atoms in total. The van der Waals surface area contributed by atoms with Gasteiger partial charge in [-0.3, -0.25) is 9.59 Å². The number of carbonyl (C=O) groups is 2. The molecule has 0 heterocycles. The van der Waals surface area contributed by atoms with Crippen LogP contribution in [0.3, 0.4) is 0 Å². The van der Waals surface area contributed by atoms with Crippen molar-refractivity contribution in [2.75, 3.05) is 13.6 Å². The van der Waals surface area contributed by atoms with E-state index in [1.54, 1.807) is 24.1 Å². The Balaban J connectivity index is 2.41. The second-order valence-corrected chi connectivity index (χ2v) is 5.34. The minimum absolute atomic E-state index is 0.0217. The lowest BCUT2D eigenvalue weighted by atomic mass is 10.1. The van der Waals surface area contributed by atoms with Crippen molar-refractivity contribution in [1.29, 1.82) is 0 Å². The molecule has 1 aromatic carbocycles. The SMILES string of the molecule is CC(C)C(=O)N(C)CCC(C)C(=O)Oc1ccccc1. The molecule has 110 valence electrons. The average Bonchev–Trinajstić information content (AvgIpc) is 2.44. The monoisotopic (exact) mass is 277 g/mol. The molecule has 0 radical (unpaired) electrons. The third kappa shape index (κ3) is 5.03. The van der Waals surface area contributed by atoms with Crippen LogP contribution in [0.2, 0.25) is 0 Å². The number of amides is 1. The number of rotatable bonds is 6. The van der Waals surface area contributed by atoms with Crippen LogP contribution in [0.1, 0.15) is 27.2 Å². The van der Waals surface area contributed by atoms with E-state index in [9.17, 15) is 9.59 Å². The van der Waals surface area contributed by atoms with Gasteiger partial charge in [-0.2, -0.15) is 0 Å². The van der Waals surface area contributed by atoms with E-state index < -0.39 is 0 Å². The molecule has 0 bridgehead atoms. The number of benzene rings is 1. The summed E-state index contributed by atoms with van der Waals surface area (Å²) in [6, 6.07) is 9.01. The van der Waals surface area contributed by atoms with E-state index in [1.807, 2.05) is 39.0 Å². The second-order valence-electron chi connectivity index (χ2n) is 5.34. The highest BCUT2D eigenvalue weighted by atomic mass is 16.5. The fourth-order valence-electron chi connectivity index (χ4n) is 1.76. The van der Waals surface area contributed by atoms with Crippen LogP contribution < -0.4 is 4.74 Å². The van der Waals surface area contributed by atoms with Crippen molar-refractivity contribution in [1.82, 2.24) is 4.90 Å². The highest BCUT2D eigenvalue weighted by Gasteiger charge is 2.18. The Kier molecular flexibility index (Phi) is 6.22. The normalized spacial score (nSPS) is 12.1. The van der Waals surface area contributed by atoms with Gasteiger partial charge in [0, 0.05) is 19.5 Å². The van der Waals surface area contributed by atoms with Crippen molar-refractivity contribution in [3.8, 4) is 5.75 Å². The van der Waals surface area contributed by atoms with Gasteiger partial charge in [-0.15, -0.1) is 0 Å². The summed E-state index contributed by atoms with van der Waals surface area (Å²) in [5.41, 5.74) is 0. The molecule has 1 amide bonds. The summed E-state index contributed by atoms with van der Waals surface area (Å²) in [6.07, 6.45) is 0.598. The Morgan fingerprint density at radius 2 is 1.75 bits per heavy atom. The van der Waals surface area contributed by atoms with E-state index in [0.717, 1.165) is 0 Å². The Bertz CT molecular complexity index is 442. The molecule has 20 heavy (non-hydrogen) atoms. The zero-order valence-electron chi connectivity index (χ0n) is 12.6. The van der Waals surface area contributed by atoms with Crippen LogP contribution in [0.15, 0.2) is 30.3 Å². The number of hydrogen-bond donors (Lipinski definition) is 0. The van der Waals surface area contributed by atoms with Crippen LogP contribution in [0, 0.1) is 11.8 Å². The van der Waals surface area contributed by atoms with Gasteiger partial charge in [0.25, 0.3) is 0 Å². The first kappa shape index (κ1) is 16.2. The Hall–Kier alpha value is -1.84. The fourth-order valence-corrected chi connectivity index (χ4v) is 1.76. The van der Waals surface area contributed by atoms with Crippen LogP contribution in [0.4, 0.5) is 0 Å². The molecule has 1 unspecified atom stereocenters. The quantitative estimate of drug-likeness (QED) is 0.593. The number of ether oxygens (including phenoxy) is 1. The third-order valence-corrected chi connectivity index (χ3v) is 3.13. The van der Waals surface area contributed by atoms with Crippen molar-refractivity contribution in [2.24, 2.45) is 11.8 Å². The molecule has 0 N–H and O–H groups in total. The molecular formula is C16H23NO3. The van der Waals surface area contributed by atoms with Gasteiger partial charge in [0.15, 0.2) is 0 Å². The highest BCUT2D eigenvalue weighted by molar-refractivity contribution is 5.78. The van der Waals surface area contributed by atoms with Crippen molar-refractivity contribution in [2.45, 2.75) is 27.2 Å². The maximum atomic E-state index is 11.9. The summed E-state index contributed by atoms with van der Waals surface area (Å²) in [4.78, 5) is 25.3. The lowest BCUT2D eigenvalue weighted by Crippen LogP contribution is -2.33. The Labute approximate surface area is 120 Å². The molecular weight excluding hydrogens is 254 g/mol. The van der Waals surface area contributed by atoms with Gasteiger partial charge in [0.1, 0.15) is 5.75 Å². The first-order valence-electron chi connectivity index (χ1n) is 6.93. The molecule has 4 heteroatoms. The Morgan fingerprint density at radius 1 is 1.15 bits per heavy atom. The molecule has 1 rings (SSSR count). The third-order valence-electron chi connectivity index (χ3n) is 3.13. The van der Waals surface area contributed by atoms with E-state index in [0.29, 0.717) is 18.7 Å². The molecule has 0 aliphatic carbocycles. The number of para-hydroxylation sites is 1. The topological polar surface area (TPSA) is 46.6 Å². The highest BCUT2D eigenvalue weighted by Crippen LogP contribution is 2.13. The number of nitrogens with zero attached hydrogens (tertiary/aromatic N) is 1. The summed E-state index contributed by atoms with van der Waals surface area (Å²) >= 11 is 0. The standard InChI is InChI=1S/C16H23NO3/c1-12(2)15(18)17(4)11-10-13(3)16(19)20-14-8-6-5-7-9-14/h5-9,12-13H,10-11H2,1-4H3. The minimum atomic E-state index is -0.262. The largest absolute Gasteiger partial charge is 0.426 e. The number of esters is 1. The van der Waals surface area contributed by atoms with Gasteiger partial charge in [-0.25, -0.2) is 0 Å². The van der Waals surface area contributed by atoms with Gasteiger partial charge in [-0.1, -0.05) is 39.0 Å². The van der Waals surface area contributed by atoms with E-state index in [1.165, 1.54) is 0 Å². The summed E-state index contributed by atoms with van der Waals surface area (Å²) in [5.74, 6) is 0.121.